The van der Waals surface area contributed by atoms with Gasteiger partial charge in [0.1, 0.15) is 5.69 Å². The minimum Gasteiger partial charge on any atom is -0.338 e. The topological polar surface area (TPSA) is 20.2 Å². The van der Waals surface area contributed by atoms with E-state index in [2.05, 4.69) is 17.1 Å². The van der Waals surface area contributed by atoms with Crippen LogP contribution in [0.1, 0.15) is 24.7 Å². The zero-order valence-corrected chi connectivity index (χ0v) is 11.8. The molecular formula is C14H20F3N3. The Hall–Kier alpha value is -1.01. The van der Waals surface area contributed by atoms with Crippen molar-refractivity contribution in [2.45, 2.75) is 31.6 Å². The lowest BCUT2D eigenvalue weighted by atomic mass is 9.74. The lowest BCUT2D eigenvalue weighted by Crippen LogP contribution is -2.59. The first-order chi connectivity index (χ1) is 9.37. The first kappa shape index (κ1) is 13.9. The smallest absolute Gasteiger partial charge is 0.338 e. The largest absolute Gasteiger partial charge is 0.431 e. The van der Waals surface area contributed by atoms with Crippen LogP contribution in [0.5, 0.6) is 0 Å². The Morgan fingerprint density at radius 3 is 2.70 bits per heavy atom. The first-order valence-corrected chi connectivity index (χ1v) is 7.06. The molecule has 0 saturated carbocycles. The summed E-state index contributed by atoms with van der Waals surface area (Å²) in [6, 6.07) is 2.92. The average Bonchev–Trinajstić information content (AvgIpc) is 2.81. The van der Waals surface area contributed by atoms with Gasteiger partial charge in [-0.1, -0.05) is 6.92 Å². The van der Waals surface area contributed by atoms with Gasteiger partial charge in [-0.15, -0.1) is 0 Å². The van der Waals surface area contributed by atoms with Crippen LogP contribution in [0, 0.1) is 5.92 Å². The maximum absolute atomic E-state index is 13.1. The Labute approximate surface area is 116 Å². The van der Waals surface area contributed by atoms with Gasteiger partial charge in [0.05, 0.1) is 5.54 Å². The van der Waals surface area contributed by atoms with Crippen LogP contribution in [-0.2, 0) is 18.3 Å². The number of nitrogens with zero attached hydrogens (tertiary/aromatic N) is 2. The molecule has 2 unspecified atom stereocenters. The molecule has 2 aliphatic heterocycles. The highest BCUT2D eigenvalue weighted by atomic mass is 19.4. The molecule has 6 heteroatoms. The van der Waals surface area contributed by atoms with E-state index in [9.17, 15) is 13.2 Å². The Morgan fingerprint density at radius 2 is 2.05 bits per heavy atom. The van der Waals surface area contributed by atoms with Crippen molar-refractivity contribution in [2.75, 3.05) is 26.7 Å². The molecule has 0 bridgehead atoms. The minimum atomic E-state index is -4.27. The van der Waals surface area contributed by atoms with Crippen molar-refractivity contribution in [1.29, 1.82) is 0 Å². The van der Waals surface area contributed by atoms with Crippen molar-refractivity contribution in [3.63, 3.8) is 0 Å². The third-order valence-electron chi connectivity index (χ3n) is 5.00. The van der Waals surface area contributed by atoms with Crippen LogP contribution in [0.4, 0.5) is 13.2 Å². The van der Waals surface area contributed by atoms with Crippen LogP contribution in [0.25, 0.3) is 0 Å². The minimum absolute atomic E-state index is 0.271. The highest BCUT2D eigenvalue weighted by molar-refractivity contribution is 5.29. The van der Waals surface area contributed by atoms with Gasteiger partial charge in [0, 0.05) is 18.8 Å². The fraction of sp³-hybridized carbons (Fsp3) is 0.714. The molecule has 1 aromatic heterocycles. The number of fused-ring (bicyclic) bond motifs is 2. The second-order valence-electron chi connectivity index (χ2n) is 5.95. The van der Waals surface area contributed by atoms with E-state index in [1.54, 1.807) is 6.07 Å². The summed E-state index contributed by atoms with van der Waals surface area (Å²) in [5.74, 6) is 0.288. The molecular weight excluding hydrogens is 267 g/mol. The van der Waals surface area contributed by atoms with Gasteiger partial charge < -0.3 is 9.88 Å². The molecule has 0 aliphatic carbocycles. The van der Waals surface area contributed by atoms with Crippen LogP contribution in [0.3, 0.4) is 0 Å². The molecule has 1 aromatic rings. The third kappa shape index (κ3) is 1.81. The van der Waals surface area contributed by atoms with E-state index >= 15 is 0 Å². The lowest BCUT2D eigenvalue weighted by Gasteiger charge is -2.52. The number of nitrogens with one attached hydrogen (secondary N) is 1. The summed E-state index contributed by atoms with van der Waals surface area (Å²) >= 11 is 0. The fourth-order valence-corrected chi connectivity index (χ4v) is 3.94. The molecule has 0 aromatic carbocycles. The number of aromatic nitrogens is 1. The summed E-state index contributed by atoms with van der Waals surface area (Å²) in [6.45, 7) is 4.89. The van der Waals surface area contributed by atoms with E-state index in [-0.39, 0.29) is 11.5 Å². The van der Waals surface area contributed by atoms with Crippen LogP contribution >= 0.6 is 0 Å². The molecule has 20 heavy (non-hydrogen) atoms. The number of hydrogen-bond acceptors (Lipinski definition) is 2. The predicted octanol–water partition coefficient (Wildman–Crippen LogP) is 2.28. The van der Waals surface area contributed by atoms with Crippen LogP contribution in [0.15, 0.2) is 12.1 Å². The molecule has 0 radical (unpaired) electrons. The Morgan fingerprint density at radius 1 is 1.30 bits per heavy atom. The molecule has 112 valence electrons. The summed E-state index contributed by atoms with van der Waals surface area (Å²) < 4.78 is 40.8. The Bertz CT molecular complexity index is 508. The van der Waals surface area contributed by atoms with Gasteiger partial charge in [0.15, 0.2) is 0 Å². The summed E-state index contributed by atoms with van der Waals surface area (Å²) in [7, 11) is 2.03. The zero-order valence-electron chi connectivity index (χ0n) is 11.8. The van der Waals surface area contributed by atoms with Crippen molar-refractivity contribution in [3.8, 4) is 0 Å². The van der Waals surface area contributed by atoms with Gasteiger partial charge in [0.25, 0.3) is 0 Å². The van der Waals surface area contributed by atoms with Gasteiger partial charge in [-0.3, -0.25) is 4.90 Å². The standard InChI is InChI=1S/C14H20F3N3/c1-10-9-18-6-5-13(10)11-3-4-12(14(15,16)17)20(11)8-7-19(13)2/h3-4,10,18H,5-9H2,1-2H3. The van der Waals surface area contributed by atoms with Crippen LogP contribution < -0.4 is 5.32 Å². The second kappa shape index (κ2) is 4.49. The molecule has 2 aliphatic rings. The van der Waals surface area contributed by atoms with E-state index in [0.29, 0.717) is 13.1 Å². The van der Waals surface area contributed by atoms with E-state index in [0.717, 1.165) is 25.2 Å². The quantitative estimate of drug-likeness (QED) is 0.790. The van der Waals surface area contributed by atoms with E-state index in [1.165, 1.54) is 10.6 Å². The van der Waals surface area contributed by atoms with Gasteiger partial charge in [-0.25, -0.2) is 0 Å². The highest BCUT2D eigenvalue weighted by Gasteiger charge is 2.49. The number of alkyl halides is 3. The van der Waals surface area contributed by atoms with Crippen LogP contribution in [-0.4, -0.2) is 36.1 Å². The van der Waals surface area contributed by atoms with E-state index in [4.69, 9.17) is 0 Å². The third-order valence-corrected chi connectivity index (χ3v) is 5.00. The van der Waals surface area contributed by atoms with Gasteiger partial charge in [-0.05, 0) is 44.6 Å². The second-order valence-corrected chi connectivity index (χ2v) is 5.95. The van der Waals surface area contributed by atoms with Crippen LogP contribution in [0.2, 0.25) is 0 Å². The highest BCUT2D eigenvalue weighted by Crippen LogP contribution is 2.45. The molecule has 1 N–H and O–H groups in total. The number of piperidine rings is 1. The van der Waals surface area contributed by atoms with Crippen molar-refractivity contribution < 1.29 is 13.2 Å². The number of rotatable bonds is 0. The number of hydrogen-bond donors (Lipinski definition) is 1. The normalized spacial score (nSPS) is 31.6. The monoisotopic (exact) mass is 287 g/mol. The molecule has 3 nitrogen and oxygen atoms in total. The van der Waals surface area contributed by atoms with E-state index < -0.39 is 11.9 Å². The molecule has 2 atom stereocenters. The van der Waals surface area contributed by atoms with Gasteiger partial charge in [0.2, 0.25) is 0 Å². The molecule has 0 amide bonds. The molecule has 3 heterocycles. The van der Waals surface area contributed by atoms with Crippen molar-refractivity contribution in [1.82, 2.24) is 14.8 Å². The summed E-state index contributed by atoms with van der Waals surface area (Å²) in [5, 5.41) is 3.34. The molecule has 1 fully saturated rings. The molecule has 1 saturated heterocycles. The maximum atomic E-state index is 13.1. The SMILES string of the molecule is CC1CNCCC12c1ccc(C(F)(F)F)n1CCN2C. The van der Waals surface area contributed by atoms with Crippen molar-refractivity contribution >= 4 is 0 Å². The summed E-state index contributed by atoms with van der Waals surface area (Å²) in [6.07, 6.45) is -3.42. The number of halogens is 3. The maximum Gasteiger partial charge on any atom is 0.431 e. The average molecular weight is 287 g/mol. The number of likely N-dealkylation sites (N-methyl/N-ethyl adjacent to an activating group) is 1. The Kier molecular flexibility index (Phi) is 3.14. The summed E-state index contributed by atoms with van der Waals surface area (Å²) in [5.41, 5.74) is 0.0470. The van der Waals surface area contributed by atoms with Crippen molar-refractivity contribution in [3.05, 3.63) is 23.5 Å². The zero-order chi connectivity index (χ0) is 14.5. The summed E-state index contributed by atoms with van der Waals surface area (Å²) in [4.78, 5) is 2.24. The Balaban J connectivity index is 2.13. The fourth-order valence-electron chi connectivity index (χ4n) is 3.94. The lowest BCUT2D eigenvalue weighted by molar-refractivity contribution is -0.145. The molecule has 1 spiro atoms. The van der Waals surface area contributed by atoms with Gasteiger partial charge >= 0.3 is 6.18 Å². The predicted molar refractivity (Wildman–Crippen MR) is 70.4 cm³/mol. The first-order valence-electron chi connectivity index (χ1n) is 7.06. The van der Waals surface area contributed by atoms with E-state index in [1.807, 2.05) is 7.05 Å². The van der Waals surface area contributed by atoms with Gasteiger partial charge in [-0.2, -0.15) is 13.2 Å². The molecule has 3 rings (SSSR count). The van der Waals surface area contributed by atoms with Crippen molar-refractivity contribution in [2.24, 2.45) is 5.92 Å².